The van der Waals surface area contributed by atoms with Crippen molar-refractivity contribution in [1.82, 2.24) is 10.6 Å². The van der Waals surface area contributed by atoms with Crippen LogP contribution in [0.2, 0.25) is 0 Å². The van der Waals surface area contributed by atoms with Crippen molar-refractivity contribution in [2.45, 2.75) is 49.9 Å². The van der Waals surface area contributed by atoms with Gasteiger partial charge in [0.25, 0.3) is 0 Å². The molecule has 0 radical (unpaired) electrons. The number of aliphatic carboxylic acids is 2. The Labute approximate surface area is 139 Å². The van der Waals surface area contributed by atoms with E-state index in [0.717, 1.165) is 0 Å². The lowest BCUT2D eigenvalue weighted by Crippen LogP contribution is -2.50. The minimum absolute atomic E-state index is 0.0745. The molecule has 0 spiro atoms. The topological polar surface area (TPSA) is 159 Å². The van der Waals surface area contributed by atoms with Gasteiger partial charge in [0.05, 0.1) is 0 Å². The van der Waals surface area contributed by atoms with Gasteiger partial charge in [-0.1, -0.05) is 13.8 Å². The molecule has 9 nitrogen and oxygen atoms in total. The summed E-state index contributed by atoms with van der Waals surface area (Å²) in [5.74, 6) is -3.62. The van der Waals surface area contributed by atoms with E-state index in [0.29, 0.717) is 0 Å². The Morgan fingerprint density at radius 2 is 1.78 bits per heavy atom. The van der Waals surface area contributed by atoms with Crippen molar-refractivity contribution in [3.63, 3.8) is 0 Å². The number of hydrogen-bond acceptors (Lipinski definition) is 6. The first kappa shape index (κ1) is 21.2. The number of amides is 2. The van der Waals surface area contributed by atoms with Gasteiger partial charge in [-0.15, -0.1) is 0 Å². The Kier molecular flexibility index (Phi) is 8.62. The number of thiol groups is 1. The number of nitrogens with one attached hydrogen (secondary N) is 2. The number of nitrogens with two attached hydrogens (primary N) is 1. The third-order valence-electron chi connectivity index (χ3n) is 2.77. The van der Waals surface area contributed by atoms with Crippen LogP contribution in [0.15, 0.2) is 0 Å². The van der Waals surface area contributed by atoms with Crippen molar-refractivity contribution >= 4 is 36.4 Å². The van der Waals surface area contributed by atoms with Gasteiger partial charge >= 0.3 is 11.9 Å². The van der Waals surface area contributed by atoms with Crippen molar-refractivity contribution in [2.24, 2.45) is 5.73 Å². The Morgan fingerprint density at radius 1 is 1.22 bits per heavy atom. The fourth-order valence-electron chi connectivity index (χ4n) is 1.67. The summed E-state index contributed by atoms with van der Waals surface area (Å²) < 4.78 is -0.587. The highest BCUT2D eigenvalue weighted by molar-refractivity contribution is 7.81. The molecule has 23 heavy (non-hydrogen) atoms. The van der Waals surface area contributed by atoms with Crippen LogP contribution in [0.1, 0.15) is 33.1 Å². The summed E-state index contributed by atoms with van der Waals surface area (Å²) in [4.78, 5) is 44.9. The molecule has 10 heteroatoms. The highest BCUT2D eigenvalue weighted by atomic mass is 32.1. The lowest BCUT2D eigenvalue weighted by Gasteiger charge is -2.25. The maximum Gasteiger partial charge on any atom is 0.322 e. The third-order valence-corrected chi connectivity index (χ3v) is 2.95. The number of carboxylic acid groups (broad SMARTS) is 2. The van der Waals surface area contributed by atoms with Gasteiger partial charge in [0.15, 0.2) is 0 Å². The molecule has 0 aromatic carbocycles. The highest BCUT2D eigenvalue weighted by Crippen LogP contribution is 2.19. The van der Waals surface area contributed by atoms with Gasteiger partial charge in [0.1, 0.15) is 18.6 Å². The molecule has 0 heterocycles. The van der Waals surface area contributed by atoms with Crippen molar-refractivity contribution in [1.29, 1.82) is 0 Å². The maximum atomic E-state index is 12.0. The zero-order chi connectivity index (χ0) is 18.2. The minimum Gasteiger partial charge on any atom is -0.480 e. The molecule has 0 aliphatic carbocycles. The number of carbonyl (C=O) groups is 4. The Hall–Kier alpha value is -1.81. The molecule has 2 atom stereocenters. The highest BCUT2D eigenvalue weighted by Gasteiger charge is 2.27. The van der Waals surface area contributed by atoms with Crippen molar-refractivity contribution in [3.05, 3.63) is 0 Å². The lowest BCUT2D eigenvalue weighted by atomic mass is 10.0. The summed E-state index contributed by atoms with van der Waals surface area (Å²) in [5, 5.41) is 21.9. The van der Waals surface area contributed by atoms with E-state index in [9.17, 15) is 19.2 Å². The number of rotatable bonds is 10. The fourth-order valence-corrected chi connectivity index (χ4v) is 1.85. The van der Waals surface area contributed by atoms with Crippen LogP contribution < -0.4 is 16.4 Å². The molecule has 132 valence electrons. The normalized spacial score (nSPS) is 13.7. The second-order valence-electron chi connectivity index (χ2n) is 5.73. The summed E-state index contributed by atoms with van der Waals surface area (Å²) in [7, 11) is 0. The molecule has 0 aliphatic heterocycles. The van der Waals surface area contributed by atoms with Crippen molar-refractivity contribution < 1.29 is 29.4 Å². The van der Waals surface area contributed by atoms with E-state index in [1.807, 2.05) is 0 Å². The summed E-state index contributed by atoms with van der Waals surface area (Å²) in [6.45, 7) is 2.91. The molecule has 1 unspecified atom stereocenters. The van der Waals surface area contributed by atoms with Gasteiger partial charge in [0, 0.05) is 11.2 Å². The molecule has 0 saturated carbocycles. The fraction of sp³-hybridized carbons (Fsp3) is 0.692. The quantitative estimate of drug-likeness (QED) is 0.275. The molecule has 0 aromatic heterocycles. The van der Waals surface area contributed by atoms with Crippen molar-refractivity contribution in [2.75, 3.05) is 6.54 Å². The predicted octanol–water partition coefficient (Wildman–Crippen LogP) is -1.04. The average Bonchev–Trinajstić information content (AvgIpc) is 2.39. The molecular weight excluding hydrogens is 326 g/mol. The first-order chi connectivity index (χ1) is 10.4. The van der Waals surface area contributed by atoms with Gasteiger partial charge in [-0.05, 0) is 12.8 Å². The number of carbonyl (C=O) groups excluding carboxylic acids is 2. The average molecular weight is 349 g/mol. The summed E-state index contributed by atoms with van der Waals surface area (Å²) >= 11 is 4.29. The monoisotopic (exact) mass is 349 g/mol. The molecule has 0 bridgehead atoms. The molecule has 2 amide bonds. The lowest BCUT2D eigenvalue weighted by molar-refractivity contribution is -0.139. The van der Waals surface area contributed by atoms with Crippen LogP contribution in [-0.4, -0.2) is 57.3 Å². The van der Waals surface area contributed by atoms with E-state index in [-0.39, 0.29) is 19.3 Å². The van der Waals surface area contributed by atoms with Gasteiger partial charge in [-0.2, -0.15) is 12.6 Å². The SMILES string of the molecule is CC(C)(S)C[C@H](NC(=O)CCC(N)C(=O)O)C(=O)NCC(=O)O. The molecule has 0 saturated heterocycles. The van der Waals surface area contributed by atoms with E-state index in [4.69, 9.17) is 15.9 Å². The van der Waals surface area contributed by atoms with Crippen LogP contribution in [0, 0.1) is 0 Å². The van der Waals surface area contributed by atoms with E-state index in [2.05, 4.69) is 23.3 Å². The molecule has 0 aliphatic rings. The van der Waals surface area contributed by atoms with Crippen LogP contribution in [0.4, 0.5) is 0 Å². The maximum absolute atomic E-state index is 12.0. The van der Waals surface area contributed by atoms with Gasteiger partial charge < -0.3 is 26.6 Å². The molecular formula is C13H23N3O6S. The van der Waals surface area contributed by atoms with E-state index >= 15 is 0 Å². The van der Waals surface area contributed by atoms with Gasteiger partial charge in [-0.3, -0.25) is 19.2 Å². The van der Waals surface area contributed by atoms with Crippen LogP contribution >= 0.6 is 12.6 Å². The summed E-state index contributed by atoms with van der Waals surface area (Å²) in [5.41, 5.74) is 5.30. The van der Waals surface area contributed by atoms with E-state index < -0.39 is 47.1 Å². The summed E-state index contributed by atoms with van der Waals surface area (Å²) in [6.07, 6.45) is -0.0731. The first-order valence-electron chi connectivity index (χ1n) is 6.92. The number of hydrogen-bond donors (Lipinski definition) is 6. The van der Waals surface area contributed by atoms with Crippen LogP contribution in [-0.2, 0) is 19.2 Å². The van der Waals surface area contributed by atoms with E-state index in [1.54, 1.807) is 13.8 Å². The second kappa shape index (κ2) is 9.36. The second-order valence-corrected chi connectivity index (χ2v) is 6.94. The Bertz CT molecular complexity index is 463. The minimum atomic E-state index is -1.22. The van der Waals surface area contributed by atoms with Crippen LogP contribution in [0.5, 0.6) is 0 Å². The Morgan fingerprint density at radius 3 is 2.22 bits per heavy atom. The predicted molar refractivity (Wildman–Crippen MR) is 85.1 cm³/mol. The largest absolute Gasteiger partial charge is 0.480 e. The van der Waals surface area contributed by atoms with Crippen LogP contribution in [0.3, 0.4) is 0 Å². The van der Waals surface area contributed by atoms with Crippen LogP contribution in [0.25, 0.3) is 0 Å². The Balaban J connectivity index is 4.68. The zero-order valence-electron chi connectivity index (χ0n) is 13.0. The summed E-state index contributed by atoms with van der Waals surface area (Å²) in [6, 6.07) is -2.14. The van der Waals surface area contributed by atoms with Crippen molar-refractivity contribution in [3.8, 4) is 0 Å². The number of carboxylic acids is 2. The molecule has 6 N–H and O–H groups in total. The molecule has 0 aromatic rings. The standard InChI is InChI=1S/C13H23N3O6S/c1-13(2,23)5-8(11(20)15-6-10(18)19)16-9(17)4-3-7(14)12(21)22/h7-8,23H,3-6,14H2,1-2H3,(H,15,20)(H,16,17)(H,18,19)(H,21,22)/t7?,8-/m0/s1. The molecule has 0 rings (SSSR count). The van der Waals surface area contributed by atoms with Gasteiger partial charge in [0.2, 0.25) is 11.8 Å². The third kappa shape index (κ3) is 10.5. The zero-order valence-corrected chi connectivity index (χ0v) is 13.9. The van der Waals surface area contributed by atoms with E-state index in [1.165, 1.54) is 0 Å². The first-order valence-corrected chi connectivity index (χ1v) is 7.36. The molecule has 0 fully saturated rings. The smallest absolute Gasteiger partial charge is 0.322 e. The van der Waals surface area contributed by atoms with Gasteiger partial charge in [-0.25, -0.2) is 0 Å².